The molecule has 11 heavy (non-hydrogen) atoms. The lowest BCUT2D eigenvalue weighted by Gasteiger charge is -1.98. The fraction of sp³-hybridized carbons (Fsp3) is 0.429. The van der Waals surface area contributed by atoms with Crippen LogP contribution in [0.2, 0.25) is 0 Å². The summed E-state index contributed by atoms with van der Waals surface area (Å²) in [6.07, 6.45) is 2.49. The zero-order valence-electron chi connectivity index (χ0n) is 5.93. The third-order valence-electron chi connectivity index (χ3n) is 0.974. The molecule has 2 N–H and O–H groups in total. The molecule has 0 amide bonds. The molecule has 1 atom stereocenters. The van der Waals surface area contributed by atoms with Crippen LogP contribution in [0.25, 0.3) is 0 Å². The number of rotatable bonds is 5. The van der Waals surface area contributed by atoms with Gasteiger partial charge in [-0.3, -0.25) is 4.79 Å². The van der Waals surface area contributed by atoms with Gasteiger partial charge in [0, 0.05) is 0 Å². The van der Waals surface area contributed by atoms with Gasteiger partial charge >= 0.3 is 5.97 Å². The molecule has 0 unspecified atom stereocenters. The predicted octanol–water partition coefficient (Wildman–Crippen LogP) is 0.768. The molecule has 0 saturated heterocycles. The summed E-state index contributed by atoms with van der Waals surface area (Å²) in [5.41, 5.74) is 0. The number of aliphatic carboxylic acids is 1. The second-order valence-corrected chi connectivity index (χ2v) is 2.33. The molecule has 0 saturated carbocycles. The summed E-state index contributed by atoms with van der Waals surface area (Å²) in [7, 11) is 0. The van der Waals surface area contributed by atoms with Gasteiger partial charge in [0.25, 0.3) is 0 Å². The number of hydrogen-bond acceptors (Lipinski definition) is 3. The van der Waals surface area contributed by atoms with Crippen molar-refractivity contribution >= 4 is 23.6 Å². The number of carboxylic acid groups (broad SMARTS) is 1. The molecule has 0 aliphatic carbocycles. The van der Waals surface area contributed by atoms with Crippen LogP contribution in [0.1, 0.15) is 12.8 Å². The Balaban J connectivity index is 3.58. The van der Waals surface area contributed by atoms with Crippen LogP contribution in [0.4, 0.5) is 0 Å². The number of carboxylic acids is 1. The van der Waals surface area contributed by atoms with Crippen LogP contribution in [0, 0.1) is 0 Å². The van der Waals surface area contributed by atoms with Gasteiger partial charge in [-0.25, -0.2) is 0 Å². The standard InChI is InChI=1S/C7H10O3S/c8-6(5-7(9)10)3-1-2-4-11/h1,3-4,6,8H,2,5H2,(H,9,10)/b3-1+/t6-/m1/s1. The highest BCUT2D eigenvalue weighted by atomic mass is 32.1. The quantitative estimate of drug-likeness (QED) is 0.477. The van der Waals surface area contributed by atoms with Crippen molar-refractivity contribution in [3.05, 3.63) is 12.2 Å². The lowest BCUT2D eigenvalue weighted by Crippen LogP contribution is -2.09. The molecule has 0 rings (SSSR count). The van der Waals surface area contributed by atoms with E-state index in [2.05, 4.69) is 12.2 Å². The second-order valence-electron chi connectivity index (χ2n) is 2.00. The monoisotopic (exact) mass is 174 g/mol. The molecule has 3 nitrogen and oxygen atoms in total. The average molecular weight is 174 g/mol. The molecule has 62 valence electrons. The maximum atomic E-state index is 10.0. The van der Waals surface area contributed by atoms with Crippen molar-refractivity contribution in [1.82, 2.24) is 0 Å². The van der Waals surface area contributed by atoms with Gasteiger partial charge in [-0.05, 0) is 11.8 Å². The highest BCUT2D eigenvalue weighted by molar-refractivity contribution is 7.78. The van der Waals surface area contributed by atoms with E-state index in [0.717, 1.165) is 0 Å². The van der Waals surface area contributed by atoms with E-state index in [0.29, 0.717) is 6.42 Å². The lowest BCUT2D eigenvalue weighted by atomic mass is 10.2. The van der Waals surface area contributed by atoms with E-state index in [1.807, 2.05) is 0 Å². The molecule has 0 bridgehead atoms. The fourth-order valence-corrected chi connectivity index (χ4v) is 0.649. The first-order valence-electron chi connectivity index (χ1n) is 3.17. The van der Waals surface area contributed by atoms with Crippen LogP contribution in [-0.2, 0) is 4.79 Å². The van der Waals surface area contributed by atoms with Crippen LogP contribution in [-0.4, -0.2) is 27.7 Å². The molecular formula is C7H10O3S. The smallest absolute Gasteiger partial charge is 0.306 e. The van der Waals surface area contributed by atoms with Gasteiger partial charge < -0.3 is 10.2 Å². The Morgan fingerprint density at radius 2 is 2.27 bits per heavy atom. The third-order valence-corrected chi connectivity index (χ3v) is 1.17. The Kier molecular flexibility index (Phi) is 5.60. The van der Waals surface area contributed by atoms with E-state index >= 15 is 0 Å². The molecule has 0 spiro atoms. The molecule has 0 fully saturated rings. The van der Waals surface area contributed by atoms with E-state index in [9.17, 15) is 4.79 Å². The molecule has 4 heteroatoms. The first kappa shape index (κ1) is 10.3. The van der Waals surface area contributed by atoms with Crippen molar-refractivity contribution in [3.8, 4) is 0 Å². The Morgan fingerprint density at radius 1 is 1.64 bits per heavy atom. The first-order chi connectivity index (χ1) is 5.16. The van der Waals surface area contributed by atoms with E-state index in [1.165, 1.54) is 11.4 Å². The number of hydrogen-bond donors (Lipinski definition) is 2. The van der Waals surface area contributed by atoms with Crippen LogP contribution in [0.3, 0.4) is 0 Å². The second kappa shape index (κ2) is 6.00. The van der Waals surface area contributed by atoms with E-state index in [1.54, 1.807) is 6.08 Å². The van der Waals surface area contributed by atoms with Crippen LogP contribution in [0.15, 0.2) is 12.2 Å². The van der Waals surface area contributed by atoms with Crippen LogP contribution >= 0.6 is 12.2 Å². The van der Waals surface area contributed by atoms with E-state index < -0.39 is 12.1 Å². The minimum Gasteiger partial charge on any atom is -0.481 e. The lowest BCUT2D eigenvalue weighted by molar-refractivity contribution is -0.138. The number of aliphatic hydroxyl groups is 1. The fourth-order valence-electron chi connectivity index (χ4n) is 0.538. The van der Waals surface area contributed by atoms with Crippen molar-refractivity contribution < 1.29 is 15.0 Å². The summed E-state index contributed by atoms with van der Waals surface area (Å²) in [5, 5.41) is 18.7. The first-order valence-corrected chi connectivity index (χ1v) is 3.64. The summed E-state index contributed by atoms with van der Waals surface area (Å²) in [5.74, 6) is -1.01. The Bertz CT molecular complexity index is 165. The molecular weight excluding hydrogens is 164 g/mol. The molecule has 0 aromatic carbocycles. The summed E-state index contributed by atoms with van der Waals surface area (Å²) in [4.78, 5) is 10.0. The summed E-state index contributed by atoms with van der Waals surface area (Å²) in [6, 6.07) is 0. The van der Waals surface area contributed by atoms with E-state index in [4.69, 9.17) is 10.2 Å². The zero-order chi connectivity index (χ0) is 8.69. The highest BCUT2D eigenvalue weighted by Gasteiger charge is 2.03. The van der Waals surface area contributed by atoms with Crippen LogP contribution in [0.5, 0.6) is 0 Å². The SMILES string of the molecule is O=C(O)C[C@H](O)/C=C/CC=S. The molecule has 0 heterocycles. The Labute approximate surface area is 70.3 Å². The third kappa shape index (κ3) is 7.15. The Hall–Kier alpha value is -0.740. The molecule has 0 radical (unpaired) electrons. The zero-order valence-corrected chi connectivity index (χ0v) is 6.75. The minimum absolute atomic E-state index is 0.256. The van der Waals surface area contributed by atoms with Gasteiger partial charge in [0.15, 0.2) is 0 Å². The number of carbonyl (C=O) groups is 1. The maximum absolute atomic E-state index is 10.0. The largest absolute Gasteiger partial charge is 0.481 e. The van der Waals surface area contributed by atoms with Gasteiger partial charge in [-0.15, -0.1) is 0 Å². The molecule has 0 aliphatic rings. The number of thiocarbonyl (C=S) groups is 1. The van der Waals surface area contributed by atoms with Crippen LogP contribution < -0.4 is 0 Å². The molecule has 0 aromatic rings. The topological polar surface area (TPSA) is 57.5 Å². The minimum atomic E-state index is -1.01. The Morgan fingerprint density at radius 3 is 2.73 bits per heavy atom. The van der Waals surface area contributed by atoms with Gasteiger partial charge in [0.1, 0.15) is 0 Å². The number of aliphatic hydroxyl groups excluding tert-OH is 1. The maximum Gasteiger partial charge on any atom is 0.306 e. The van der Waals surface area contributed by atoms with Crippen molar-refractivity contribution in [2.75, 3.05) is 0 Å². The molecule has 0 aliphatic heterocycles. The average Bonchev–Trinajstić information content (AvgIpc) is 1.86. The normalized spacial score (nSPS) is 13.2. The van der Waals surface area contributed by atoms with Crippen molar-refractivity contribution in [3.63, 3.8) is 0 Å². The van der Waals surface area contributed by atoms with Crippen molar-refractivity contribution in [2.45, 2.75) is 18.9 Å². The van der Waals surface area contributed by atoms with Gasteiger partial charge in [-0.1, -0.05) is 24.4 Å². The number of allylic oxidation sites excluding steroid dienone is 1. The van der Waals surface area contributed by atoms with Gasteiger partial charge in [-0.2, -0.15) is 0 Å². The van der Waals surface area contributed by atoms with Gasteiger partial charge in [0.05, 0.1) is 12.5 Å². The molecule has 0 aromatic heterocycles. The summed E-state index contributed by atoms with van der Waals surface area (Å²) >= 11 is 4.52. The van der Waals surface area contributed by atoms with Crippen molar-refractivity contribution in [2.24, 2.45) is 0 Å². The predicted molar refractivity (Wildman–Crippen MR) is 45.7 cm³/mol. The van der Waals surface area contributed by atoms with Gasteiger partial charge in [0.2, 0.25) is 0 Å². The van der Waals surface area contributed by atoms with E-state index in [-0.39, 0.29) is 6.42 Å². The summed E-state index contributed by atoms with van der Waals surface area (Å²) < 4.78 is 0. The van der Waals surface area contributed by atoms with Crippen molar-refractivity contribution in [1.29, 1.82) is 0 Å². The summed E-state index contributed by atoms with van der Waals surface area (Å²) in [6.45, 7) is 0. The highest BCUT2D eigenvalue weighted by Crippen LogP contribution is 1.94.